The molecule has 1 rings (SSSR count). The Labute approximate surface area is 82.3 Å². The van der Waals surface area contributed by atoms with Gasteiger partial charge in [0.2, 0.25) is 0 Å². The van der Waals surface area contributed by atoms with Crippen LogP contribution in [-0.2, 0) is 0 Å². The van der Waals surface area contributed by atoms with Crippen molar-refractivity contribution in [3.05, 3.63) is 23.5 Å². The minimum atomic E-state index is -0.622. The summed E-state index contributed by atoms with van der Waals surface area (Å²) in [5.41, 5.74) is 5.80. The van der Waals surface area contributed by atoms with Gasteiger partial charge >= 0.3 is 0 Å². The highest BCUT2D eigenvalue weighted by Crippen LogP contribution is 2.30. The molecule has 0 saturated heterocycles. The fourth-order valence-electron chi connectivity index (χ4n) is 1.21. The fourth-order valence-corrected chi connectivity index (χ4v) is 1.21. The highest BCUT2D eigenvalue weighted by Gasteiger charge is 2.14. The molecule has 0 amide bonds. The Hall–Kier alpha value is -1.29. The topological polar surface area (TPSA) is 55.5 Å². The lowest BCUT2D eigenvalue weighted by Crippen LogP contribution is -2.10. The average Bonchev–Trinajstić information content (AvgIpc) is 2.20. The first-order chi connectivity index (χ1) is 6.60. The molecule has 78 valence electrons. The minimum Gasteiger partial charge on any atom is -0.505 e. The zero-order chi connectivity index (χ0) is 10.7. The summed E-state index contributed by atoms with van der Waals surface area (Å²) in [7, 11) is 1.46. The van der Waals surface area contributed by atoms with Gasteiger partial charge < -0.3 is 15.6 Å². The van der Waals surface area contributed by atoms with E-state index < -0.39 is 11.6 Å². The first kappa shape index (κ1) is 10.8. The van der Waals surface area contributed by atoms with E-state index >= 15 is 0 Å². The van der Waals surface area contributed by atoms with E-state index in [0.717, 1.165) is 0 Å². The highest BCUT2D eigenvalue weighted by atomic mass is 19.1. The van der Waals surface area contributed by atoms with Crippen LogP contribution in [0.1, 0.15) is 18.4 Å². The van der Waals surface area contributed by atoms with Crippen LogP contribution in [0.5, 0.6) is 11.5 Å². The molecule has 0 aromatic heterocycles. The van der Waals surface area contributed by atoms with Gasteiger partial charge in [0.15, 0.2) is 11.6 Å². The maximum atomic E-state index is 13.4. The molecule has 1 atom stereocenters. The van der Waals surface area contributed by atoms with Crippen LogP contribution < -0.4 is 10.5 Å². The number of hydrogen-bond donors (Lipinski definition) is 2. The quantitative estimate of drug-likeness (QED) is 0.777. The molecular formula is C10H14FNO2. The van der Waals surface area contributed by atoms with Crippen LogP contribution in [0, 0.1) is 5.82 Å². The summed E-state index contributed by atoms with van der Waals surface area (Å²) in [6.07, 6.45) is 0. The molecule has 0 heterocycles. The number of hydrogen-bond acceptors (Lipinski definition) is 3. The molecule has 3 nitrogen and oxygen atoms in total. The second kappa shape index (κ2) is 4.28. The van der Waals surface area contributed by atoms with Gasteiger partial charge in [-0.25, -0.2) is 4.39 Å². The van der Waals surface area contributed by atoms with E-state index in [1.807, 2.05) is 0 Å². The van der Waals surface area contributed by atoms with Crippen molar-refractivity contribution in [2.24, 2.45) is 5.73 Å². The van der Waals surface area contributed by atoms with E-state index in [0.29, 0.717) is 17.9 Å². The molecule has 0 radical (unpaired) electrons. The summed E-state index contributed by atoms with van der Waals surface area (Å²) < 4.78 is 18.3. The first-order valence-corrected chi connectivity index (χ1v) is 4.36. The lowest BCUT2D eigenvalue weighted by atomic mass is 10.00. The van der Waals surface area contributed by atoms with Gasteiger partial charge in [-0.3, -0.25) is 0 Å². The molecule has 0 fully saturated rings. The molecule has 4 heteroatoms. The standard InChI is InChI=1S/C10H14FNO2/c1-6(5-12)8-3-7(14-2)4-9(13)10(8)11/h3-4,6,13H,5,12H2,1-2H3. The zero-order valence-corrected chi connectivity index (χ0v) is 8.25. The van der Waals surface area contributed by atoms with Gasteiger partial charge in [0.25, 0.3) is 0 Å². The number of aromatic hydroxyl groups is 1. The lowest BCUT2D eigenvalue weighted by Gasteiger charge is -2.12. The Bertz CT molecular complexity index is 328. The number of rotatable bonds is 3. The summed E-state index contributed by atoms with van der Waals surface area (Å²) in [6.45, 7) is 2.11. The average molecular weight is 199 g/mol. The molecular weight excluding hydrogens is 185 g/mol. The molecule has 14 heavy (non-hydrogen) atoms. The van der Waals surface area contributed by atoms with Gasteiger partial charge in [-0.05, 0) is 24.1 Å². The molecule has 0 spiro atoms. The van der Waals surface area contributed by atoms with Crippen LogP contribution >= 0.6 is 0 Å². The van der Waals surface area contributed by atoms with Gasteiger partial charge in [-0.1, -0.05) is 6.92 Å². The molecule has 0 aliphatic rings. The van der Waals surface area contributed by atoms with Crippen molar-refractivity contribution in [3.8, 4) is 11.5 Å². The SMILES string of the molecule is COc1cc(O)c(F)c(C(C)CN)c1. The van der Waals surface area contributed by atoms with Crippen molar-refractivity contribution < 1.29 is 14.2 Å². The van der Waals surface area contributed by atoms with Crippen molar-refractivity contribution in [1.82, 2.24) is 0 Å². The van der Waals surface area contributed by atoms with E-state index in [2.05, 4.69) is 0 Å². The number of methoxy groups -OCH3 is 1. The third kappa shape index (κ3) is 1.96. The van der Waals surface area contributed by atoms with Crippen molar-refractivity contribution in [2.75, 3.05) is 13.7 Å². The number of halogens is 1. The monoisotopic (exact) mass is 199 g/mol. The van der Waals surface area contributed by atoms with Crippen molar-refractivity contribution in [1.29, 1.82) is 0 Å². The maximum Gasteiger partial charge on any atom is 0.168 e. The van der Waals surface area contributed by atoms with Crippen molar-refractivity contribution in [3.63, 3.8) is 0 Å². The van der Waals surface area contributed by atoms with Gasteiger partial charge in [-0.15, -0.1) is 0 Å². The Balaban J connectivity index is 3.20. The normalized spacial score (nSPS) is 12.6. The summed E-state index contributed by atoms with van der Waals surface area (Å²) in [5.74, 6) is -0.737. The number of benzene rings is 1. The van der Waals surface area contributed by atoms with Crippen molar-refractivity contribution >= 4 is 0 Å². The third-order valence-corrected chi connectivity index (χ3v) is 2.18. The van der Waals surface area contributed by atoms with E-state index in [9.17, 15) is 9.50 Å². The Morgan fingerprint density at radius 3 is 2.71 bits per heavy atom. The van der Waals surface area contributed by atoms with E-state index in [4.69, 9.17) is 10.5 Å². The van der Waals surface area contributed by atoms with Gasteiger partial charge in [-0.2, -0.15) is 0 Å². The minimum absolute atomic E-state index is 0.143. The van der Waals surface area contributed by atoms with E-state index in [1.165, 1.54) is 13.2 Å². The lowest BCUT2D eigenvalue weighted by molar-refractivity contribution is 0.392. The van der Waals surface area contributed by atoms with Crippen LogP contribution in [-0.4, -0.2) is 18.8 Å². The van der Waals surface area contributed by atoms with Crippen LogP contribution in [0.2, 0.25) is 0 Å². The third-order valence-electron chi connectivity index (χ3n) is 2.18. The Morgan fingerprint density at radius 1 is 1.57 bits per heavy atom. The van der Waals surface area contributed by atoms with Gasteiger partial charge in [0.05, 0.1) is 7.11 Å². The summed E-state index contributed by atoms with van der Waals surface area (Å²) in [6, 6.07) is 2.79. The molecule has 0 saturated carbocycles. The van der Waals surface area contributed by atoms with Crippen LogP contribution in [0.25, 0.3) is 0 Å². The predicted molar refractivity (Wildman–Crippen MR) is 52.1 cm³/mol. The summed E-state index contributed by atoms with van der Waals surface area (Å²) in [4.78, 5) is 0. The van der Waals surface area contributed by atoms with Crippen LogP contribution in [0.3, 0.4) is 0 Å². The van der Waals surface area contributed by atoms with Crippen molar-refractivity contribution in [2.45, 2.75) is 12.8 Å². The second-order valence-electron chi connectivity index (χ2n) is 3.19. The number of phenolic OH excluding ortho intramolecular Hbond substituents is 1. The molecule has 0 bridgehead atoms. The molecule has 1 aromatic rings. The Kier molecular flexibility index (Phi) is 3.30. The number of ether oxygens (including phenoxy) is 1. The highest BCUT2D eigenvalue weighted by molar-refractivity contribution is 5.40. The summed E-state index contributed by atoms with van der Waals surface area (Å²) >= 11 is 0. The van der Waals surface area contributed by atoms with E-state index in [-0.39, 0.29) is 5.92 Å². The molecule has 0 aliphatic heterocycles. The maximum absolute atomic E-state index is 13.4. The molecule has 3 N–H and O–H groups in total. The zero-order valence-electron chi connectivity index (χ0n) is 8.25. The number of nitrogens with two attached hydrogens (primary N) is 1. The fraction of sp³-hybridized carbons (Fsp3) is 0.400. The first-order valence-electron chi connectivity index (χ1n) is 4.36. The Morgan fingerprint density at radius 2 is 2.21 bits per heavy atom. The summed E-state index contributed by atoms with van der Waals surface area (Å²) in [5, 5.41) is 9.26. The van der Waals surface area contributed by atoms with Gasteiger partial charge in [0, 0.05) is 6.07 Å². The van der Waals surface area contributed by atoms with E-state index in [1.54, 1.807) is 13.0 Å². The molecule has 1 aromatic carbocycles. The number of phenols is 1. The van der Waals surface area contributed by atoms with Crippen LogP contribution in [0.15, 0.2) is 12.1 Å². The smallest absolute Gasteiger partial charge is 0.168 e. The molecule has 0 aliphatic carbocycles. The molecule has 1 unspecified atom stereocenters. The second-order valence-corrected chi connectivity index (χ2v) is 3.19. The van der Waals surface area contributed by atoms with Crippen LogP contribution in [0.4, 0.5) is 4.39 Å². The largest absolute Gasteiger partial charge is 0.505 e. The van der Waals surface area contributed by atoms with Gasteiger partial charge in [0.1, 0.15) is 5.75 Å². The predicted octanol–water partition coefficient (Wildman–Crippen LogP) is 1.60.